The Morgan fingerprint density at radius 3 is 2.90 bits per heavy atom. The van der Waals surface area contributed by atoms with Crippen molar-refractivity contribution in [2.45, 2.75) is 6.92 Å². The molecule has 0 fully saturated rings. The van der Waals surface area contributed by atoms with Crippen molar-refractivity contribution < 1.29 is 0 Å². The summed E-state index contributed by atoms with van der Waals surface area (Å²) in [4.78, 5) is 1.10. The summed E-state index contributed by atoms with van der Waals surface area (Å²) in [5, 5.41) is 0. The topological polar surface area (TPSA) is 12.9 Å². The van der Waals surface area contributed by atoms with E-state index in [2.05, 4.69) is 17.5 Å². The van der Waals surface area contributed by atoms with Crippen LogP contribution in [0.3, 0.4) is 0 Å². The van der Waals surface area contributed by atoms with E-state index in [0.717, 1.165) is 16.0 Å². The van der Waals surface area contributed by atoms with Crippen LogP contribution in [0.4, 0.5) is 0 Å². The zero-order valence-electron chi connectivity index (χ0n) is 5.92. The minimum absolute atomic E-state index is 1.05. The molecule has 0 aliphatic heterocycles. The second-order valence-electron chi connectivity index (χ2n) is 2.09. The second-order valence-corrected chi connectivity index (χ2v) is 2.92. The summed E-state index contributed by atoms with van der Waals surface area (Å²) >= 11 is 1.45. The summed E-state index contributed by atoms with van der Waals surface area (Å²) in [7, 11) is 0. The van der Waals surface area contributed by atoms with E-state index in [0.29, 0.717) is 0 Å². The molecule has 0 spiro atoms. The first kappa shape index (κ1) is 7.22. The Kier molecular flexibility index (Phi) is 2.02. The lowest BCUT2D eigenvalue weighted by atomic mass is 10.1. The van der Waals surface area contributed by atoms with Crippen molar-refractivity contribution in [3.8, 4) is 0 Å². The molecule has 0 saturated carbocycles. The molecule has 0 aliphatic carbocycles. The van der Waals surface area contributed by atoms with Gasteiger partial charge in [-0.25, -0.2) is 0 Å². The van der Waals surface area contributed by atoms with Crippen LogP contribution in [-0.4, -0.2) is 4.37 Å². The summed E-state index contributed by atoms with van der Waals surface area (Å²) in [6, 6.07) is 0. The molecule has 0 bridgehead atoms. The third kappa shape index (κ3) is 1.16. The van der Waals surface area contributed by atoms with Crippen molar-refractivity contribution in [3.63, 3.8) is 0 Å². The predicted octanol–water partition coefficient (Wildman–Crippen LogP) is 2.82. The number of nitrogens with zero attached hydrogens (tertiary/aromatic N) is 1. The Bertz CT molecular complexity index is 260. The third-order valence-corrected chi connectivity index (χ3v) is 2.04. The maximum Gasteiger partial charge on any atom is 0.0546 e. The fourth-order valence-electron chi connectivity index (χ4n) is 0.716. The number of hydrogen-bond donors (Lipinski definition) is 0. The van der Waals surface area contributed by atoms with Crippen molar-refractivity contribution in [1.82, 2.24) is 4.37 Å². The summed E-state index contributed by atoms with van der Waals surface area (Å²) in [5.41, 5.74) is 2.16. The van der Waals surface area contributed by atoms with Gasteiger partial charge >= 0.3 is 0 Å². The van der Waals surface area contributed by atoms with Crippen molar-refractivity contribution in [1.29, 1.82) is 0 Å². The molecular formula is C8H9NS. The molecule has 52 valence electrons. The molecule has 1 nitrogen and oxygen atoms in total. The molecule has 0 aromatic carbocycles. The number of allylic oxidation sites excluding steroid dienone is 1. The molecule has 1 rings (SSSR count). The largest absolute Gasteiger partial charge is 0.200 e. The van der Waals surface area contributed by atoms with Gasteiger partial charge in [0.15, 0.2) is 0 Å². The lowest BCUT2D eigenvalue weighted by Gasteiger charge is -1.92. The highest BCUT2D eigenvalue weighted by molar-refractivity contribution is 7.07. The monoisotopic (exact) mass is 151 g/mol. The number of hydrogen-bond acceptors (Lipinski definition) is 2. The molecule has 0 unspecified atom stereocenters. The van der Waals surface area contributed by atoms with E-state index in [1.807, 2.05) is 19.2 Å². The van der Waals surface area contributed by atoms with E-state index in [4.69, 9.17) is 0 Å². The standard InChI is InChI=1S/C8H9NS/c1-4-8-7(6(2)3)5-9-10-8/h4-5H,1-2H2,3H3. The van der Waals surface area contributed by atoms with Crippen molar-refractivity contribution in [3.05, 3.63) is 29.8 Å². The molecule has 0 N–H and O–H groups in total. The molecule has 0 radical (unpaired) electrons. The molecular weight excluding hydrogens is 142 g/mol. The first-order chi connectivity index (χ1) is 4.75. The van der Waals surface area contributed by atoms with Crippen LogP contribution in [0.15, 0.2) is 19.4 Å². The van der Waals surface area contributed by atoms with Crippen LogP contribution in [0.5, 0.6) is 0 Å². The quantitative estimate of drug-likeness (QED) is 0.633. The van der Waals surface area contributed by atoms with Gasteiger partial charge in [-0.3, -0.25) is 0 Å². The van der Waals surface area contributed by atoms with Crippen LogP contribution in [0.1, 0.15) is 17.4 Å². The maximum atomic E-state index is 4.02. The average molecular weight is 151 g/mol. The fraction of sp³-hybridized carbons (Fsp3) is 0.125. The molecule has 1 heterocycles. The summed E-state index contributed by atoms with van der Waals surface area (Å²) < 4.78 is 4.02. The van der Waals surface area contributed by atoms with E-state index in [-0.39, 0.29) is 0 Å². The van der Waals surface area contributed by atoms with E-state index in [1.54, 1.807) is 0 Å². The summed E-state index contributed by atoms with van der Waals surface area (Å²) in [6.45, 7) is 9.47. The van der Waals surface area contributed by atoms with E-state index >= 15 is 0 Å². The highest BCUT2D eigenvalue weighted by Crippen LogP contribution is 2.20. The van der Waals surface area contributed by atoms with Gasteiger partial charge in [0.1, 0.15) is 0 Å². The van der Waals surface area contributed by atoms with Gasteiger partial charge in [0.2, 0.25) is 0 Å². The van der Waals surface area contributed by atoms with Gasteiger partial charge < -0.3 is 0 Å². The van der Waals surface area contributed by atoms with Crippen molar-refractivity contribution in [2.24, 2.45) is 0 Å². The van der Waals surface area contributed by atoms with Gasteiger partial charge in [-0.05, 0) is 30.1 Å². The minimum Gasteiger partial charge on any atom is -0.200 e. The number of aromatic nitrogens is 1. The Labute approximate surface area is 64.9 Å². The van der Waals surface area contributed by atoms with Gasteiger partial charge in [-0.1, -0.05) is 13.2 Å². The zero-order chi connectivity index (χ0) is 7.56. The molecule has 0 saturated heterocycles. The van der Waals surface area contributed by atoms with Crippen LogP contribution in [-0.2, 0) is 0 Å². The lowest BCUT2D eigenvalue weighted by Crippen LogP contribution is -1.73. The predicted molar refractivity (Wildman–Crippen MR) is 46.9 cm³/mol. The number of rotatable bonds is 2. The van der Waals surface area contributed by atoms with Gasteiger partial charge in [-0.15, -0.1) is 0 Å². The molecule has 1 aromatic heterocycles. The highest BCUT2D eigenvalue weighted by atomic mass is 32.1. The van der Waals surface area contributed by atoms with E-state index < -0.39 is 0 Å². The van der Waals surface area contributed by atoms with Gasteiger partial charge in [0.05, 0.1) is 4.88 Å². The fourth-order valence-corrected chi connectivity index (χ4v) is 1.39. The Morgan fingerprint density at radius 2 is 2.50 bits per heavy atom. The van der Waals surface area contributed by atoms with Crippen molar-refractivity contribution >= 4 is 23.2 Å². The van der Waals surface area contributed by atoms with Crippen LogP contribution in [0.2, 0.25) is 0 Å². The van der Waals surface area contributed by atoms with Gasteiger partial charge in [0.25, 0.3) is 0 Å². The van der Waals surface area contributed by atoms with E-state index in [1.165, 1.54) is 11.5 Å². The summed E-state index contributed by atoms with van der Waals surface area (Å²) in [5.74, 6) is 0. The first-order valence-corrected chi connectivity index (χ1v) is 3.76. The van der Waals surface area contributed by atoms with Crippen molar-refractivity contribution in [2.75, 3.05) is 0 Å². The molecule has 1 aromatic rings. The van der Waals surface area contributed by atoms with Crippen LogP contribution < -0.4 is 0 Å². The maximum absolute atomic E-state index is 4.02. The van der Waals surface area contributed by atoms with E-state index in [9.17, 15) is 0 Å². The molecule has 2 heteroatoms. The SMILES string of the molecule is C=Cc1sncc1C(=C)C. The zero-order valence-corrected chi connectivity index (χ0v) is 6.74. The highest BCUT2D eigenvalue weighted by Gasteiger charge is 2.00. The molecule has 0 atom stereocenters. The van der Waals surface area contributed by atoms with Gasteiger partial charge in [0, 0.05) is 11.8 Å². The Balaban J connectivity index is 3.13. The van der Waals surface area contributed by atoms with Gasteiger partial charge in [-0.2, -0.15) is 4.37 Å². The van der Waals surface area contributed by atoms with Crippen LogP contribution in [0, 0.1) is 0 Å². The first-order valence-electron chi connectivity index (χ1n) is 2.98. The van der Waals surface area contributed by atoms with Crippen LogP contribution in [0.25, 0.3) is 11.6 Å². The Hall–Kier alpha value is -0.890. The average Bonchev–Trinajstić information content (AvgIpc) is 2.33. The lowest BCUT2D eigenvalue weighted by molar-refractivity contribution is 1.53. The molecule has 10 heavy (non-hydrogen) atoms. The third-order valence-electron chi connectivity index (χ3n) is 1.24. The minimum atomic E-state index is 1.05. The van der Waals surface area contributed by atoms with Crippen LogP contribution >= 0.6 is 11.5 Å². The summed E-state index contributed by atoms with van der Waals surface area (Å²) in [6.07, 6.45) is 3.63. The molecule has 0 aliphatic rings. The normalized spacial score (nSPS) is 9.30. The molecule has 0 amide bonds. The Morgan fingerprint density at radius 1 is 1.80 bits per heavy atom. The smallest absolute Gasteiger partial charge is 0.0546 e. The second kappa shape index (κ2) is 2.80.